The van der Waals surface area contributed by atoms with Crippen LogP contribution in [0.4, 0.5) is 5.69 Å². The highest BCUT2D eigenvalue weighted by atomic mass is 32.2. The van der Waals surface area contributed by atoms with Crippen LogP contribution < -0.4 is 5.32 Å². The van der Waals surface area contributed by atoms with Crippen LogP contribution in [0.3, 0.4) is 0 Å². The molecule has 0 radical (unpaired) electrons. The maximum absolute atomic E-state index is 4.00. The van der Waals surface area contributed by atoms with Crippen LogP contribution in [-0.2, 0) is 0 Å². The molecule has 0 heterocycles. The number of hydrogen-bond acceptors (Lipinski definition) is 2. The fourth-order valence-electron chi connectivity index (χ4n) is 2.74. The summed E-state index contributed by atoms with van der Waals surface area (Å²) in [5.74, 6) is 0.761. The highest BCUT2D eigenvalue weighted by molar-refractivity contribution is 7.98. The molecule has 1 aromatic rings. The Labute approximate surface area is 115 Å². The van der Waals surface area contributed by atoms with E-state index in [2.05, 4.69) is 48.5 Å². The Balaban J connectivity index is 1.97. The molecule has 18 heavy (non-hydrogen) atoms. The van der Waals surface area contributed by atoms with Gasteiger partial charge in [-0.05, 0) is 49.3 Å². The summed E-state index contributed by atoms with van der Waals surface area (Å²) in [5, 5.41) is 3.62. The minimum atomic E-state index is 0.422. The van der Waals surface area contributed by atoms with E-state index in [0.29, 0.717) is 6.04 Å². The lowest BCUT2D eigenvalue weighted by Gasteiger charge is -2.29. The second kappa shape index (κ2) is 6.89. The minimum absolute atomic E-state index is 0.422. The SMILES string of the molecule is C=C[C@H](Nc1ccc(SC)cc1)C1CCCCC1. The third kappa shape index (κ3) is 3.55. The van der Waals surface area contributed by atoms with Gasteiger partial charge in [-0.25, -0.2) is 0 Å². The monoisotopic (exact) mass is 261 g/mol. The van der Waals surface area contributed by atoms with Gasteiger partial charge in [-0.1, -0.05) is 25.3 Å². The molecule has 0 spiro atoms. The lowest BCUT2D eigenvalue weighted by atomic mass is 9.84. The molecule has 1 nitrogen and oxygen atoms in total. The average Bonchev–Trinajstić information content (AvgIpc) is 2.46. The molecule has 2 rings (SSSR count). The summed E-state index contributed by atoms with van der Waals surface area (Å²) in [4.78, 5) is 1.31. The Hall–Kier alpha value is -0.890. The molecule has 1 aliphatic rings. The highest BCUT2D eigenvalue weighted by Crippen LogP contribution is 2.29. The zero-order valence-electron chi connectivity index (χ0n) is 11.2. The Morgan fingerprint density at radius 1 is 1.22 bits per heavy atom. The summed E-state index contributed by atoms with van der Waals surface area (Å²) in [6.45, 7) is 4.00. The maximum atomic E-state index is 4.00. The molecule has 1 aromatic carbocycles. The molecule has 1 fully saturated rings. The Kier molecular flexibility index (Phi) is 5.18. The third-order valence-electron chi connectivity index (χ3n) is 3.83. The first-order valence-corrected chi connectivity index (χ1v) is 8.09. The molecule has 1 aliphatic carbocycles. The van der Waals surface area contributed by atoms with Crippen LogP contribution in [0.25, 0.3) is 0 Å². The van der Waals surface area contributed by atoms with Gasteiger partial charge in [0.1, 0.15) is 0 Å². The van der Waals surface area contributed by atoms with Gasteiger partial charge >= 0.3 is 0 Å². The van der Waals surface area contributed by atoms with Crippen LogP contribution in [0.1, 0.15) is 32.1 Å². The van der Waals surface area contributed by atoms with Gasteiger partial charge in [-0.2, -0.15) is 0 Å². The molecule has 1 saturated carbocycles. The molecular formula is C16H23NS. The molecule has 1 atom stereocenters. The topological polar surface area (TPSA) is 12.0 Å². The molecular weight excluding hydrogens is 238 g/mol. The number of rotatable bonds is 5. The molecule has 98 valence electrons. The lowest BCUT2D eigenvalue weighted by molar-refractivity contribution is 0.343. The second-order valence-corrected chi connectivity index (χ2v) is 5.91. The first kappa shape index (κ1) is 13.5. The van der Waals surface area contributed by atoms with Gasteiger partial charge in [0.2, 0.25) is 0 Å². The van der Waals surface area contributed by atoms with Crippen molar-refractivity contribution in [2.75, 3.05) is 11.6 Å². The van der Waals surface area contributed by atoms with Crippen LogP contribution >= 0.6 is 11.8 Å². The van der Waals surface area contributed by atoms with Crippen LogP contribution in [-0.4, -0.2) is 12.3 Å². The van der Waals surface area contributed by atoms with E-state index in [1.54, 1.807) is 11.8 Å². The van der Waals surface area contributed by atoms with Crippen molar-refractivity contribution in [3.8, 4) is 0 Å². The fourth-order valence-corrected chi connectivity index (χ4v) is 3.15. The molecule has 0 amide bonds. The van der Waals surface area contributed by atoms with Crippen LogP contribution in [0.15, 0.2) is 41.8 Å². The highest BCUT2D eigenvalue weighted by Gasteiger charge is 2.20. The van der Waals surface area contributed by atoms with Gasteiger partial charge < -0.3 is 5.32 Å². The summed E-state index contributed by atoms with van der Waals surface area (Å²) in [7, 11) is 0. The first-order valence-electron chi connectivity index (χ1n) is 6.86. The van der Waals surface area contributed by atoms with Crippen molar-refractivity contribution in [1.82, 2.24) is 0 Å². The molecule has 1 N–H and O–H groups in total. The predicted octanol–water partition coefficient (Wildman–Crippen LogP) is 4.96. The van der Waals surface area contributed by atoms with Crippen molar-refractivity contribution in [3.63, 3.8) is 0 Å². The summed E-state index contributed by atoms with van der Waals surface area (Å²) in [6.07, 6.45) is 11.0. The number of thioether (sulfide) groups is 1. The van der Waals surface area contributed by atoms with Crippen LogP contribution in [0.5, 0.6) is 0 Å². The summed E-state index contributed by atoms with van der Waals surface area (Å²) >= 11 is 1.78. The van der Waals surface area contributed by atoms with Gasteiger partial charge in [0.15, 0.2) is 0 Å². The van der Waals surface area contributed by atoms with Gasteiger partial charge in [-0.3, -0.25) is 0 Å². The largest absolute Gasteiger partial charge is 0.379 e. The zero-order chi connectivity index (χ0) is 12.8. The average molecular weight is 261 g/mol. The van der Waals surface area contributed by atoms with Crippen molar-refractivity contribution in [3.05, 3.63) is 36.9 Å². The van der Waals surface area contributed by atoms with Crippen molar-refractivity contribution in [2.24, 2.45) is 5.92 Å². The Bertz CT molecular complexity index is 365. The lowest BCUT2D eigenvalue weighted by Crippen LogP contribution is -2.28. The van der Waals surface area contributed by atoms with Gasteiger partial charge in [0.25, 0.3) is 0 Å². The van der Waals surface area contributed by atoms with Crippen LogP contribution in [0.2, 0.25) is 0 Å². The van der Waals surface area contributed by atoms with E-state index < -0.39 is 0 Å². The minimum Gasteiger partial charge on any atom is -0.379 e. The zero-order valence-corrected chi connectivity index (χ0v) is 12.0. The Morgan fingerprint density at radius 3 is 2.44 bits per heavy atom. The molecule has 2 heteroatoms. The quantitative estimate of drug-likeness (QED) is 0.594. The number of hydrogen-bond donors (Lipinski definition) is 1. The molecule has 0 unspecified atom stereocenters. The molecule has 0 aliphatic heterocycles. The standard InChI is InChI=1S/C16H23NS/c1-3-16(13-7-5-4-6-8-13)17-14-9-11-15(18-2)12-10-14/h3,9-13,16-17H,1,4-8H2,2H3/t16-/m0/s1. The van der Waals surface area contributed by atoms with Gasteiger partial charge in [0.05, 0.1) is 0 Å². The van der Waals surface area contributed by atoms with E-state index in [1.165, 1.54) is 42.7 Å². The van der Waals surface area contributed by atoms with Crippen molar-refractivity contribution < 1.29 is 0 Å². The van der Waals surface area contributed by atoms with Crippen LogP contribution in [0, 0.1) is 5.92 Å². The van der Waals surface area contributed by atoms with E-state index in [9.17, 15) is 0 Å². The second-order valence-electron chi connectivity index (χ2n) is 5.03. The summed E-state index contributed by atoms with van der Waals surface area (Å²) in [6, 6.07) is 9.11. The van der Waals surface area contributed by atoms with E-state index in [1.807, 2.05) is 0 Å². The number of benzene rings is 1. The molecule has 0 bridgehead atoms. The maximum Gasteiger partial charge on any atom is 0.0470 e. The van der Waals surface area contributed by atoms with Gasteiger partial charge in [0, 0.05) is 16.6 Å². The number of anilines is 1. The Morgan fingerprint density at radius 2 is 1.89 bits per heavy atom. The normalized spacial score (nSPS) is 18.3. The fraction of sp³-hybridized carbons (Fsp3) is 0.500. The van der Waals surface area contributed by atoms with E-state index in [-0.39, 0.29) is 0 Å². The summed E-state index contributed by atoms with van der Waals surface area (Å²) in [5.41, 5.74) is 1.21. The smallest absolute Gasteiger partial charge is 0.0470 e. The van der Waals surface area contributed by atoms with Crippen molar-refractivity contribution >= 4 is 17.4 Å². The number of nitrogens with one attached hydrogen (secondary N) is 1. The predicted molar refractivity (Wildman–Crippen MR) is 82.4 cm³/mol. The van der Waals surface area contributed by atoms with E-state index in [0.717, 1.165) is 5.92 Å². The molecule has 0 saturated heterocycles. The van der Waals surface area contributed by atoms with E-state index in [4.69, 9.17) is 0 Å². The van der Waals surface area contributed by atoms with Crippen molar-refractivity contribution in [1.29, 1.82) is 0 Å². The first-order chi connectivity index (χ1) is 8.83. The molecule has 0 aromatic heterocycles. The van der Waals surface area contributed by atoms with Gasteiger partial charge in [-0.15, -0.1) is 18.3 Å². The van der Waals surface area contributed by atoms with E-state index >= 15 is 0 Å². The summed E-state index contributed by atoms with van der Waals surface area (Å²) < 4.78 is 0. The third-order valence-corrected chi connectivity index (χ3v) is 4.58. The van der Waals surface area contributed by atoms with Crippen molar-refractivity contribution in [2.45, 2.75) is 43.0 Å².